The van der Waals surface area contributed by atoms with Gasteiger partial charge in [0.1, 0.15) is 0 Å². The van der Waals surface area contributed by atoms with E-state index in [1.807, 2.05) is 12.1 Å². The highest BCUT2D eigenvalue weighted by Crippen LogP contribution is 2.44. The fourth-order valence-electron chi connectivity index (χ4n) is 3.07. The van der Waals surface area contributed by atoms with Gasteiger partial charge in [-0.2, -0.15) is 0 Å². The number of pyridine rings is 1. The third-order valence-corrected chi connectivity index (χ3v) is 4.89. The second-order valence-corrected chi connectivity index (χ2v) is 6.69. The van der Waals surface area contributed by atoms with Gasteiger partial charge in [-0.3, -0.25) is 9.78 Å². The fourth-order valence-corrected chi connectivity index (χ4v) is 3.62. The first-order valence-electron chi connectivity index (χ1n) is 7.97. The van der Waals surface area contributed by atoms with Crippen LogP contribution in [0.15, 0.2) is 30.6 Å². The minimum atomic E-state index is -0.0572. The number of benzene rings is 1. The first-order chi connectivity index (χ1) is 11.6. The number of hydrogen-bond donors (Lipinski definition) is 1. The second-order valence-electron chi connectivity index (χ2n) is 5.87. The number of phenolic OH excluding ortho intramolecular Hbond substituents is 1. The van der Waals surface area contributed by atoms with Crippen molar-refractivity contribution < 1.29 is 9.90 Å². The largest absolute Gasteiger partial charge is 0.504 e. The molecule has 1 aromatic heterocycles. The van der Waals surface area contributed by atoms with E-state index in [9.17, 15) is 9.90 Å². The lowest BCUT2D eigenvalue weighted by Gasteiger charge is -2.31. The molecular formula is C18H18Cl2N2O2. The van der Waals surface area contributed by atoms with E-state index in [0.29, 0.717) is 23.7 Å². The monoisotopic (exact) mass is 364 g/mol. The maximum atomic E-state index is 12.6. The molecule has 0 atom stereocenters. The van der Waals surface area contributed by atoms with E-state index < -0.39 is 0 Å². The van der Waals surface area contributed by atoms with Crippen LogP contribution < -0.4 is 4.90 Å². The summed E-state index contributed by atoms with van der Waals surface area (Å²) in [5.74, 6) is -0.0723. The van der Waals surface area contributed by atoms with Crippen molar-refractivity contribution >= 4 is 34.8 Å². The van der Waals surface area contributed by atoms with Crippen molar-refractivity contribution in [2.75, 3.05) is 11.4 Å². The van der Waals surface area contributed by atoms with Gasteiger partial charge in [0.15, 0.2) is 5.75 Å². The number of aromatic hydroxyl groups is 1. The zero-order chi connectivity index (χ0) is 17.1. The lowest BCUT2D eigenvalue weighted by molar-refractivity contribution is -0.118. The molecule has 2 aromatic rings. The summed E-state index contributed by atoms with van der Waals surface area (Å²) >= 11 is 12.3. The summed E-state index contributed by atoms with van der Waals surface area (Å²) in [5.41, 5.74) is 2.44. The Kier molecular flexibility index (Phi) is 5.27. The Labute approximate surface area is 151 Å². The molecule has 0 saturated heterocycles. The number of aryl methyl sites for hydroxylation is 1. The highest BCUT2D eigenvalue weighted by Gasteiger charge is 2.28. The summed E-state index contributed by atoms with van der Waals surface area (Å²) in [6.07, 6.45) is 7.02. The van der Waals surface area contributed by atoms with Gasteiger partial charge < -0.3 is 10.0 Å². The number of carbonyl (C=O) groups excluding carboxylic acids is 1. The van der Waals surface area contributed by atoms with Crippen LogP contribution in [0.25, 0.3) is 0 Å². The van der Waals surface area contributed by atoms with Crippen molar-refractivity contribution in [3.05, 3.63) is 51.8 Å². The molecule has 2 heterocycles. The fraction of sp³-hybridized carbons (Fsp3) is 0.333. The molecule has 4 nitrogen and oxygen atoms in total. The topological polar surface area (TPSA) is 53.4 Å². The Balaban J connectivity index is 1.73. The third-order valence-electron chi connectivity index (χ3n) is 4.26. The lowest BCUT2D eigenvalue weighted by Crippen LogP contribution is -2.35. The summed E-state index contributed by atoms with van der Waals surface area (Å²) < 4.78 is 0. The van der Waals surface area contributed by atoms with Crippen LogP contribution in [0.2, 0.25) is 10.0 Å². The highest BCUT2D eigenvalue weighted by molar-refractivity contribution is 6.37. The number of fused-ring (bicyclic) bond motifs is 1. The molecule has 3 rings (SSSR count). The molecule has 1 aliphatic heterocycles. The Morgan fingerprint density at radius 2 is 2.00 bits per heavy atom. The standard InChI is InChI=1S/C18H18Cl2N2O2/c19-14-11-15(20)18(24)17-13(14)4-2-10-22(17)16(23)5-1-3-12-6-8-21-9-7-12/h6-9,11,24H,1-5,10H2. The number of nitrogens with zero attached hydrogens (tertiary/aromatic N) is 2. The van der Waals surface area contributed by atoms with Gasteiger partial charge in [-0.15, -0.1) is 0 Å². The average molecular weight is 365 g/mol. The summed E-state index contributed by atoms with van der Waals surface area (Å²) in [7, 11) is 0. The second kappa shape index (κ2) is 7.41. The number of amides is 1. The quantitative estimate of drug-likeness (QED) is 0.874. The van der Waals surface area contributed by atoms with Crippen LogP contribution >= 0.6 is 23.2 Å². The Morgan fingerprint density at radius 1 is 1.25 bits per heavy atom. The predicted octanol–water partition coefficient (Wildman–Crippen LogP) is 4.40. The van der Waals surface area contributed by atoms with Crippen molar-refractivity contribution in [2.45, 2.75) is 32.1 Å². The van der Waals surface area contributed by atoms with Gasteiger partial charge in [0.05, 0.1) is 10.7 Å². The van der Waals surface area contributed by atoms with Crippen molar-refractivity contribution in [2.24, 2.45) is 0 Å². The molecule has 0 aliphatic carbocycles. The first kappa shape index (κ1) is 17.1. The Morgan fingerprint density at radius 3 is 2.75 bits per heavy atom. The van der Waals surface area contributed by atoms with Crippen LogP contribution in [-0.2, 0) is 17.6 Å². The number of phenols is 1. The number of hydrogen-bond acceptors (Lipinski definition) is 3. The zero-order valence-electron chi connectivity index (χ0n) is 13.1. The van der Waals surface area contributed by atoms with Gasteiger partial charge >= 0.3 is 0 Å². The molecule has 6 heteroatoms. The predicted molar refractivity (Wildman–Crippen MR) is 96.0 cm³/mol. The van der Waals surface area contributed by atoms with E-state index in [1.165, 1.54) is 6.07 Å². The maximum Gasteiger partial charge on any atom is 0.227 e. The third kappa shape index (κ3) is 3.50. The number of halogens is 2. The molecule has 1 amide bonds. The van der Waals surface area contributed by atoms with E-state index in [2.05, 4.69) is 4.98 Å². The number of aromatic nitrogens is 1. The SMILES string of the molecule is O=C(CCCc1ccncc1)N1CCCc2c(Cl)cc(Cl)c(O)c21. The van der Waals surface area contributed by atoms with Crippen LogP contribution in [-0.4, -0.2) is 22.5 Å². The van der Waals surface area contributed by atoms with Crippen LogP contribution in [0.3, 0.4) is 0 Å². The molecule has 1 aromatic carbocycles. The van der Waals surface area contributed by atoms with Gasteiger partial charge in [0.25, 0.3) is 0 Å². The molecule has 0 fully saturated rings. The molecule has 126 valence electrons. The van der Waals surface area contributed by atoms with Gasteiger partial charge in [-0.25, -0.2) is 0 Å². The zero-order valence-corrected chi connectivity index (χ0v) is 14.6. The smallest absolute Gasteiger partial charge is 0.227 e. The molecule has 0 unspecified atom stereocenters. The summed E-state index contributed by atoms with van der Waals surface area (Å²) in [4.78, 5) is 18.3. The summed E-state index contributed by atoms with van der Waals surface area (Å²) in [6.45, 7) is 0.575. The summed E-state index contributed by atoms with van der Waals surface area (Å²) in [6, 6.07) is 5.44. The van der Waals surface area contributed by atoms with Crippen molar-refractivity contribution in [1.29, 1.82) is 0 Å². The van der Waals surface area contributed by atoms with Crippen molar-refractivity contribution in [1.82, 2.24) is 4.98 Å². The Bertz CT molecular complexity index is 750. The lowest BCUT2D eigenvalue weighted by atomic mass is 9.99. The van der Waals surface area contributed by atoms with Crippen molar-refractivity contribution in [3.8, 4) is 5.75 Å². The van der Waals surface area contributed by atoms with Crippen LogP contribution in [0, 0.1) is 0 Å². The van der Waals surface area contributed by atoms with Gasteiger partial charge in [-0.1, -0.05) is 23.2 Å². The van der Waals surface area contributed by atoms with E-state index in [1.54, 1.807) is 17.3 Å². The minimum absolute atomic E-state index is 0.0151. The molecule has 0 radical (unpaired) electrons. The van der Waals surface area contributed by atoms with Gasteiger partial charge in [0.2, 0.25) is 5.91 Å². The van der Waals surface area contributed by atoms with E-state index >= 15 is 0 Å². The average Bonchev–Trinajstić information content (AvgIpc) is 2.60. The van der Waals surface area contributed by atoms with Gasteiger partial charge in [-0.05, 0) is 55.0 Å². The minimum Gasteiger partial charge on any atom is -0.504 e. The molecular weight excluding hydrogens is 347 g/mol. The number of rotatable bonds is 4. The van der Waals surface area contributed by atoms with Gasteiger partial charge in [0, 0.05) is 30.4 Å². The summed E-state index contributed by atoms with van der Waals surface area (Å²) in [5, 5.41) is 11.0. The number of anilines is 1. The van der Waals surface area contributed by atoms with Crippen LogP contribution in [0.1, 0.15) is 30.4 Å². The molecule has 24 heavy (non-hydrogen) atoms. The van der Waals surface area contributed by atoms with Crippen LogP contribution in [0.4, 0.5) is 5.69 Å². The Hall–Kier alpha value is -1.78. The molecule has 1 N–H and O–H groups in total. The molecule has 0 saturated carbocycles. The highest BCUT2D eigenvalue weighted by atomic mass is 35.5. The van der Waals surface area contributed by atoms with Crippen LogP contribution in [0.5, 0.6) is 5.75 Å². The molecule has 0 bridgehead atoms. The normalized spacial score (nSPS) is 13.7. The van der Waals surface area contributed by atoms with Crippen molar-refractivity contribution in [3.63, 3.8) is 0 Å². The molecule has 0 spiro atoms. The maximum absolute atomic E-state index is 12.6. The number of carbonyl (C=O) groups is 1. The first-order valence-corrected chi connectivity index (χ1v) is 8.72. The van der Waals surface area contributed by atoms with E-state index in [-0.39, 0.29) is 16.7 Å². The van der Waals surface area contributed by atoms with E-state index in [4.69, 9.17) is 23.2 Å². The van der Waals surface area contributed by atoms with E-state index in [0.717, 1.165) is 36.8 Å². The molecule has 1 aliphatic rings.